The van der Waals surface area contributed by atoms with Gasteiger partial charge in [-0.15, -0.1) is 0 Å². The lowest BCUT2D eigenvalue weighted by Gasteiger charge is -2.01. The van der Waals surface area contributed by atoms with Gasteiger partial charge in [0, 0.05) is 10.5 Å². The summed E-state index contributed by atoms with van der Waals surface area (Å²) in [6, 6.07) is 11.4. The Kier molecular flexibility index (Phi) is 4.46. The maximum atomic E-state index is 12.0. The van der Waals surface area contributed by atoms with Crippen molar-refractivity contribution in [2.24, 2.45) is 4.99 Å². The Balaban J connectivity index is 1.96. The topological polar surface area (TPSA) is 81.8 Å². The second-order valence-corrected chi connectivity index (χ2v) is 6.05. The molecule has 2 aromatic rings. The van der Waals surface area contributed by atoms with E-state index in [0.29, 0.717) is 11.1 Å². The van der Waals surface area contributed by atoms with Crippen molar-refractivity contribution in [2.45, 2.75) is 0 Å². The van der Waals surface area contributed by atoms with Crippen molar-refractivity contribution in [1.82, 2.24) is 0 Å². The number of halogens is 2. The Morgan fingerprint density at radius 2 is 2.00 bits per heavy atom. The first-order chi connectivity index (χ1) is 11.5. The molecule has 0 radical (unpaired) electrons. The summed E-state index contributed by atoms with van der Waals surface area (Å²) in [4.78, 5) is 26.3. The molecule has 0 fully saturated rings. The number of hydrogen-bond acceptors (Lipinski definition) is 5. The predicted octanol–water partition coefficient (Wildman–Crippen LogP) is 4.36. The predicted molar refractivity (Wildman–Crippen MR) is 92.9 cm³/mol. The molecule has 24 heavy (non-hydrogen) atoms. The van der Waals surface area contributed by atoms with E-state index >= 15 is 0 Å². The van der Waals surface area contributed by atoms with Crippen LogP contribution in [0.25, 0.3) is 6.08 Å². The van der Waals surface area contributed by atoms with Gasteiger partial charge < -0.3 is 4.74 Å². The summed E-state index contributed by atoms with van der Waals surface area (Å²) >= 11 is 9.23. The van der Waals surface area contributed by atoms with Gasteiger partial charge in [0.1, 0.15) is 5.02 Å². The minimum atomic E-state index is -0.602. The van der Waals surface area contributed by atoms with Crippen LogP contribution >= 0.6 is 27.5 Å². The minimum absolute atomic E-state index is 0.0179. The molecule has 6 nitrogen and oxygen atoms in total. The number of carbonyl (C=O) groups excluding carboxylic acids is 1. The van der Waals surface area contributed by atoms with Crippen LogP contribution in [0.2, 0.25) is 5.02 Å². The summed E-state index contributed by atoms with van der Waals surface area (Å²) in [5, 5.41) is 10.7. The number of esters is 1. The smallest absolute Gasteiger partial charge is 0.363 e. The van der Waals surface area contributed by atoms with Crippen LogP contribution in [-0.2, 0) is 9.53 Å². The first kappa shape index (κ1) is 16.4. The summed E-state index contributed by atoms with van der Waals surface area (Å²) < 4.78 is 5.92. The number of carbonyl (C=O) groups is 1. The second kappa shape index (κ2) is 6.54. The van der Waals surface area contributed by atoms with Crippen LogP contribution in [0, 0.1) is 10.1 Å². The van der Waals surface area contributed by atoms with E-state index < -0.39 is 10.9 Å². The van der Waals surface area contributed by atoms with Crippen LogP contribution in [0.1, 0.15) is 11.1 Å². The molecule has 0 saturated heterocycles. The van der Waals surface area contributed by atoms with E-state index in [-0.39, 0.29) is 22.3 Å². The fourth-order valence-electron chi connectivity index (χ4n) is 2.08. The Labute approximate surface area is 149 Å². The van der Waals surface area contributed by atoms with Crippen LogP contribution < -0.4 is 0 Å². The van der Waals surface area contributed by atoms with E-state index in [0.717, 1.165) is 4.47 Å². The normalized spacial score (nSPS) is 15.3. The summed E-state index contributed by atoms with van der Waals surface area (Å²) in [6.07, 6.45) is 1.46. The number of benzene rings is 2. The molecule has 8 heteroatoms. The van der Waals surface area contributed by atoms with Gasteiger partial charge in [0.25, 0.3) is 5.69 Å². The van der Waals surface area contributed by atoms with E-state index in [1.165, 1.54) is 24.3 Å². The quantitative estimate of drug-likeness (QED) is 0.328. The molecule has 1 heterocycles. The Morgan fingerprint density at radius 3 is 2.67 bits per heavy atom. The first-order valence-corrected chi connectivity index (χ1v) is 7.84. The maximum Gasteiger partial charge on any atom is 0.363 e. The van der Waals surface area contributed by atoms with Gasteiger partial charge in [-0.1, -0.05) is 23.7 Å². The molecular formula is C16H8BrClN2O4. The standard InChI is InChI=1S/C16H8BrClN2O4/c17-11-4-2-1-3-10(11)15-19-13(16(21)24-15)8-9-5-6-14(20(22)23)12(18)7-9/h1-8H/b13-8-. The molecule has 1 aliphatic rings. The third-order valence-electron chi connectivity index (χ3n) is 3.20. The second-order valence-electron chi connectivity index (χ2n) is 4.78. The van der Waals surface area contributed by atoms with Gasteiger partial charge in [0.05, 0.1) is 10.5 Å². The van der Waals surface area contributed by atoms with Crippen molar-refractivity contribution in [1.29, 1.82) is 0 Å². The highest BCUT2D eigenvalue weighted by molar-refractivity contribution is 9.10. The zero-order valence-electron chi connectivity index (χ0n) is 11.9. The van der Waals surface area contributed by atoms with E-state index in [2.05, 4.69) is 20.9 Å². The minimum Gasteiger partial charge on any atom is -0.402 e. The molecule has 1 aliphatic heterocycles. The van der Waals surface area contributed by atoms with E-state index in [9.17, 15) is 14.9 Å². The maximum absolute atomic E-state index is 12.0. The number of nitro benzene ring substituents is 1. The SMILES string of the molecule is O=C1OC(c2ccccc2Br)=N/C1=C\c1ccc([N+](=O)[O-])c(Cl)c1. The highest BCUT2D eigenvalue weighted by Gasteiger charge is 2.25. The average Bonchev–Trinajstić information content (AvgIpc) is 2.88. The number of nitro groups is 1. The molecule has 0 unspecified atom stereocenters. The van der Waals surface area contributed by atoms with Crippen molar-refractivity contribution >= 4 is 51.2 Å². The summed E-state index contributed by atoms with van der Waals surface area (Å²) in [7, 11) is 0. The average molecular weight is 408 g/mol. The zero-order valence-corrected chi connectivity index (χ0v) is 14.2. The number of rotatable bonds is 3. The molecule has 0 bridgehead atoms. The molecule has 3 rings (SSSR count). The van der Waals surface area contributed by atoms with Gasteiger partial charge in [-0.2, -0.15) is 0 Å². The molecular weight excluding hydrogens is 400 g/mol. The largest absolute Gasteiger partial charge is 0.402 e. The zero-order chi connectivity index (χ0) is 17.3. The molecule has 0 atom stereocenters. The van der Waals surface area contributed by atoms with E-state index in [1.807, 2.05) is 12.1 Å². The van der Waals surface area contributed by atoms with Crippen molar-refractivity contribution in [3.63, 3.8) is 0 Å². The molecule has 0 saturated carbocycles. The van der Waals surface area contributed by atoms with Crippen molar-refractivity contribution in [3.05, 3.63) is 78.9 Å². The summed E-state index contributed by atoms with van der Waals surface area (Å²) in [6.45, 7) is 0. The summed E-state index contributed by atoms with van der Waals surface area (Å²) in [5.41, 5.74) is 1.04. The van der Waals surface area contributed by atoms with Crippen LogP contribution in [-0.4, -0.2) is 16.8 Å². The van der Waals surface area contributed by atoms with Crippen LogP contribution in [0.3, 0.4) is 0 Å². The fourth-order valence-corrected chi connectivity index (χ4v) is 2.79. The number of aliphatic imine (C=N–C) groups is 1. The van der Waals surface area contributed by atoms with Gasteiger partial charge in [-0.25, -0.2) is 9.79 Å². The van der Waals surface area contributed by atoms with Crippen LogP contribution in [0.4, 0.5) is 5.69 Å². The molecule has 0 aromatic heterocycles. The van der Waals surface area contributed by atoms with Gasteiger partial charge in [-0.3, -0.25) is 10.1 Å². The fraction of sp³-hybridized carbons (Fsp3) is 0. The molecule has 0 amide bonds. The van der Waals surface area contributed by atoms with Crippen molar-refractivity contribution in [3.8, 4) is 0 Å². The molecule has 120 valence electrons. The summed E-state index contributed by atoms with van der Waals surface area (Å²) in [5.74, 6) is -0.415. The highest BCUT2D eigenvalue weighted by Crippen LogP contribution is 2.28. The van der Waals surface area contributed by atoms with Crippen molar-refractivity contribution < 1.29 is 14.5 Å². The van der Waals surface area contributed by atoms with Gasteiger partial charge in [0.2, 0.25) is 5.90 Å². The third kappa shape index (κ3) is 3.22. The van der Waals surface area contributed by atoms with Gasteiger partial charge in [-0.05, 0) is 51.8 Å². The van der Waals surface area contributed by atoms with Crippen LogP contribution in [0.15, 0.2) is 57.6 Å². The Bertz CT molecular complexity index is 924. The van der Waals surface area contributed by atoms with E-state index in [1.54, 1.807) is 12.1 Å². The Hall–Kier alpha value is -2.51. The lowest BCUT2D eigenvalue weighted by Crippen LogP contribution is -2.05. The number of nitrogens with zero attached hydrogens (tertiary/aromatic N) is 2. The third-order valence-corrected chi connectivity index (χ3v) is 4.19. The first-order valence-electron chi connectivity index (χ1n) is 6.67. The lowest BCUT2D eigenvalue weighted by atomic mass is 10.2. The number of cyclic esters (lactones) is 1. The van der Waals surface area contributed by atoms with Crippen LogP contribution in [0.5, 0.6) is 0 Å². The highest BCUT2D eigenvalue weighted by atomic mass is 79.9. The van der Waals surface area contributed by atoms with Gasteiger partial charge in [0.15, 0.2) is 5.70 Å². The van der Waals surface area contributed by atoms with Crippen molar-refractivity contribution in [2.75, 3.05) is 0 Å². The Morgan fingerprint density at radius 1 is 1.25 bits per heavy atom. The molecule has 0 N–H and O–H groups in total. The number of ether oxygens (including phenoxy) is 1. The van der Waals surface area contributed by atoms with Gasteiger partial charge >= 0.3 is 5.97 Å². The molecule has 0 spiro atoms. The molecule has 0 aliphatic carbocycles. The lowest BCUT2D eigenvalue weighted by molar-refractivity contribution is -0.384. The monoisotopic (exact) mass is 406 g/mol. The number of hydrogen-bond donors (Lipinski definition) is 0. The molecule has 2 aromatic carbocycles. The van der Waals surface area contributed by atoms with E-state index in [4.69, 9.17) is 16.3 Å².